The van der Waals surface area contributed by atoms with Gasteiger partial charge in [-0.1, -0.05) is 12.8 Å². The molecule has 0 bridgehead atoms. The average molecular weight is 396 g/mol. The number of halogens is 1. The number of morpholine rings is 1. The molecule has 0 radical (unpaired) electrons. The molecule has 9 heteroatoms. The van der Waals surface area contributed by atoms with Crippen molar-refractivity contribution in [1.29, 1.82) is 0 Å². The lowest BCUT2D eigenvalue weighted by Gasteiger charge is -2.38. The molecule has 146 valence electrons. The number of ether oxygens (including phenoxy) is 1. The van der Waals surface area contributed by atoms with Gasteiger partial charge in [0.05, 0.1) is 18.0 Å². The fraction of sp³-hybridized carbons (Fsp3) is 0.938. The van der Waals surface area contributed by atoms with Gasteiger partial charge in [-0.15, -0.1) is 12.4 Å². The highest BCUT2D eigenvalue weighted by Crippen LogP contribution is 2.29. The molecule has 0 aromatic heterocycles. The van der Waals surface area contributed by atoms with Crippen molar-refractivity contribution in [3.63, 3.8) is 0 Å². The Hall–Kier alpha value is -0.410. The van der Waals surface area contributed by atoms with Gasteiger partial charge in [-0.05, 0) is 25.7 Å². The summed E-state index contributed by atoms with van der Waals surface area (Å²) >= 11 is 0. The third-order valence-electron chi connectivity index (χ3n) is 5.54. The second kappa shape index (κ2) is 8.99. The van der Waals surface area contributed by atoms with Crippen molar-refractivity contribution in [3.05, 3.63) is 0 Å². The van der Waals surface area contributed by atoms with E-state index in [0.29, 0.717) is 45.8 Å². The molecule has 7 nitrogen and oxygen atoms in total. The Bertz CT molecular complexity index is 554. The first-order valence-corrected chi connectivity index (χ1v) is 10.6. The van der Waals surface area contributed by atoms with Crippen LogP contribution in [0.4, 0.5) is 0 Å². The van der Waals surface area contributed by atoms with Crippen molar-refractivity contribution < 1.29 is 17.9 Å². The normalized spacial score (nSPS) is 29.4. The van der Waals surface area contributed by atoms with E-state index in [1.807, 2.05) is 0 Å². The molecule has 2 aliphatic heterocycles. The molecule has 1 saturated carbocycles. The first kappa shape index (κ1) is 20.9. The van der Waals surface area contributed by atoms with E-state index < -0.39 is 15.3 Å². The van der Waals surface area contributed by atoms with Gasteiger partial charge < -0.3 is 15.4 Å². The summed E-state index contributed by atoms with van der Waals surface area (Å²) in [5.74, 6) is 0.269. The number of nitrogens with zero attached hydrogens (tertiary/aromatic N) is 2. The zero-order chi connectivity index (χ0) is 17.2. The summed E-state index contributed by atoms with van der Waals surface area (Å²) in [5, 5.41) is -0.492. The molecule has 1 aliphatic carbocycles. The van der Waals surface area contributed by atoms with Crippen LogP contribution in [0.3, 0.4) is 0 Å². The third kappa shape index (κ3) is 4.66. The minimum atomic E-state index is -3.41. The van der Waals surface area contributed by atoms with E-state index in [0.717, 1.165) is 32.1 Å². The van der Waals surface area contributed by atoms with Crippen LogP contribution in [-0.4, -0.2) is 74.2 Å². The number of hydrogen-bond donors (Lipinski definition) is 1. The lowest BCUT2D eigenvalue weighted by molar-refractivity contribution is -0.136. The van der Waals surface area contributed by atoms with Gasteiger partial charge in [0.1, 0.15) is 0 Å². The fourth-order valence-corrected chi connectivity index (χ4v) is 6.05. The lowest BCUT2D eigenvalue weighted by Crippen LogP contribution is -2.54. The van der Waals surface area contributed by atoms with Gasteiger partial charge in [-0.25, -0.2) is 8.42 Å². The van der Waals surface area contributed by atoms with Crippen LogP contribution in [0.2, 0.25) is 0 Å². The Morgan fingerprint density at radius 2 is 1.80 bits per heavy atom. The van der Waals surface area contributed by atoms with E-state index >= 15 is 0 Å². The Kier molecular flexibility index (Phi) is 7.52. The van der Waals surface area contributed by atoms with Gasteiger partial charge in [-0.2, -0.15) is 4.31 Å². The highest BCUT2D eigenvalue weighted by atomic mass is 35.5. The van der Waals surface area contributed by atoms with E-state index in [1.54, 1.807) is 4.90 Å². The van der Waals surface area contributed by atoms with Gasteiger partial charge in [0, 0.05) is 38.6 Å². The molecule has 3 rings (SSSR count). The van der Waals surface area contributed by atoms with E-state index in [4.69, 9.17) is 10.5 Å². The maximum atomic E-state index is 13.0. The maximum absolute atomic E-state index is 13.0. The standard InChI is InChI=1S/C16H29N3O4S.ClH/c17-10-14-11-19(8-9-23-14)24(21,22)15-6-3-7-18(12-15)16(20)13-4-1-2-5-13;/h13-15H,1-12,17H2;1H. The second-order valence-corrected chi connectivity index (χ2v) is 9.37. The first-order chi connectivity index (χ1) is 11.5. The van der Waals surface area contributed by atoms with Crippen LogP contribution in [0.5, 0.6) is 0 Å². The van der Waals surface area contributed by atoms with Gasteiger partial charge >= 0.3 is 0 Å². The Balaban J connectivity index is 0.00000225. The van der Waals surface area contributed by atoms with Crippen molar-refractivity contribution >= 4 is 28.3 Å². The molecule has 25 heavy (non-hydrogen) atoms. The number of rotatable bonds is 4. The van der Waals surface area contributed by atoms with Crippen LogP contribution in [-0.2, 0) is 19.6 Å². The Labute approximate surface area is 156 Å². The lowest BCUT2D eigenvalue weighted by atomic mass is 10.0. The van der Waals surface area contributed by atoms with Crippen LogP contribution in [0.25, 0.3) is 0 Å². The summed E-state index contributed by atoms with van der Waals surface area (Å²) in [5.41, 5.74) is 5.62. The molecular weight excluding hydrogens is 366 g/mol. The number of sulfonamides is 1. The van der Waals surface area contributed by atoms with E-state index in [-0.39, 0.29) is 30.3 Å². The number of likely N-dealkylation sites (tertiary alicyclic amines) is 1. The predicted octanol–water partition coefficient (Wildman–Crippen LogP) is 0.579. The molecule has 2 atom stereocenters. The van der Waals surface area contributed by atoms with E-state index in [1.165, 1.54) is 4.31 Å². The van der Waals surface area contributed by atoms with Crippen LogP contribution in [0, 0.1) is 5.92 Å². The number of hydrogen-bond acceptors (Lipinski definition) is 5. The SMILES string of the molecule is Cl.NCC1CN(S(=O)(=O)C2CCCN(C(=O)C3CCCC3)C2)CCO1. The summed E-state index contributed by atoms with van der Waals surface area (Å²) < 4.78 is 33.0. The molecule has 1 amide bonds. The topological polar surface area (TPSA) is 92.9 Å². The predicted molar refractivity (Wildman–Crippen MR) is 98.1 cm³/mol. The summed E-state index contributed by atoms with van der Waals surface area (Å²) in [4.78, 5) is 14.4. The van der Waals surface area contributed by atoms with Gasteiger partial charge in [0.25, 0.3) is 0 Å². The molecule has 3 fully saturated rings. The van der Waals surface area contributed by atoms with Crippen molar-refractivity contribution in [2.24, 2.45) is 11.7 Å². The summed E-state index contributed by atoms with van der Waals surface area (Å²) in [7, 11) is -3.41. The fourth-order valence-electron chi connectivity index (χ4n) is 4.09. The van der Waals surface area contributed by atoms with Crippen molar-refractivity contribution in [1.82, 2.24) is 9.21 Å². The number of amides is 1. The van der Waals surface area contributed by atoms with Crippen LogP contribution in [0.15, 0.2) is 0 Å². The quantitative estimate of drug-likeness (QED) is 0.751. The number of carbonyl (C=O) groups is 1. The van der Waals surface area contributed by atoms with E-state index in [2.05, 4.69) is 0 Å². The maximum Gasteiger partial charge on any atom is 0.225 e. The van der Waals surface area contributed by atoms with Gasteiger partial charge in [0.2, 0.25) is 15.9 Å². The van der Waals surface area contributed by atoms with Crippen molar-refractivity contribution in [2.45, 2.75) is 49.9 Å². The van der Waals surface area contributed by atoms with Crippen LogP contribution >= 0.6 is 12.4 Å². The molecule has 0 aromatic carbocycles. The van der Waals surface area contributed by atoms with Crippen LogP contribution < -0.4 is 5.73 Å². The molecule has 0 aromatic rings. The Morgan fingerprint density at radius 1 is 1.08 bits per heavy atom. The summed E-state index contributed by atoms with van der Waals surface area (Å²) in [6.07, 6.45) is 5.28. The highest BCUT2D eigenvalue weighted by molar-refractivity contribution is 7.89. The number of nitrogens with two attached hydrogens (primary N) is 1. The third-order valence-corrected chi connectivity index (χ3v) is 7.82. The molecule has 2 heterocycles. The average Bonchev–Trinajstić information content (AvgIpc) is 3.16. The molecule has 3 aliphatic rings. The summed E-state index contributed by atoms with van der Waals surface area (Å²) in [6.45, 7) is 2.44. The second-order valence-electron chi connectivity index (χ2n) is 7.16. The minimum absolute atomic E-state index is 0. The molecule has 2 N–H and O–H groups in total. The minimum Gasteiger partial charge on any atom is -0.374 e. The molecule has 0 spiro atoms. The highest BCUT2D eigenvalue weighted by Gasteiger charge is 2.39. The Morgan fingerprint density at radius 3 is 2.48 bits per heavy atom. The van der Waals surface area contributed by atoms with Crippen molar-refractivity contribution in [3.8, 4) is 0 Å². The van der Waals surface area contributed by atoms with Gasteiger partial charge in [0.15, 0.2) is 0 Å². The molecular formula is C16H30ClN3O4S. The zero-order valence-electron chi connectivity index (χ0n) is 14.6. The van der Waals surface area contributed by atoms with E-state index in [9.17, 15) is 13.2 Å². The van der Waals surface area contributed by atoms with Crippen LogP contribution in [0.1, 0.15) is 38.5 Å². The molecule has 2 unspecified atom stereocenters. The van der Waals surface area contributed by atoms with Gasteiger partial charge in [-0.3, -0.25) is 4.79 Å². The molecule has 2 saturated heterocycles. The largest absolute Gasteiger partial charge is 0.374 e. The number of carbonyl (C=O) groups excluding carboxylic acids is 1. The number of piperidine rings is 1. The first-order valence-electron chi connectivity index (χ1n) is 9.12. The monoisotopic (exact) mass is 395 g/mol. The smallest absolute Gasteiger partial charge is 0.225 e. The zero-order valence-corrected chi connectivity index (χ0v) is 16.3. The van der Waals surface area contributed by atoms with Crippen molar-refractivity contribution in [2.75, 3.05) is 39.3 Å². The summed E-state index contributed by atoms with van der Waals surface area (Å²) in [6, 6.07) is 0.